The maximum absolute atomic E-state index is 10.2. The third-order valence-corrected chi connectivity index (χ3v) is 14.4. The van der Waals surface area contributed by atoms with Crippen molar-refractivity contribution < 1.29 is 6.85 Å². The number of pyridine rings is 3. The van der Waals surface area contributed by atoms with Gasteiger partial charge >= 0.3 is 0 Å². The summed E-state index contributed by atoms with van der Waals surface area (Å²) in [6, 6.07) is 59.0. The van der Waals surface area contributed by atoms with Gasteiger partial charge in [-0.25, -0.2) is 0 Å². The highest BCUT2D eigenvalue weighted by Crippen LogP contribution is 2.52. The summed E-state index contributed by atoms with van der Waals surface area (Å²) in [5.74, 6) is -0.936. The van der Waals surface area contributed by atoms with Crippen LogP contribution >= 0.6 is 0 Å². The topological polar surface area (TPSA) is 38.7 Å². The van der Waals surface area contributed by atoms with Gasteiger partial charge in [0.05, 0.1) is 17.1 Å². The summed E-state index contributed by atoms with van der Waals surface area (Å²) in [6.07, 6.45) is 1.37. The van der Waals surface area contributed by atoms with Crippen LogP contribution in [0.3, 0.4) is 0 Å². The molecule has 9 aromatic rings. The summed E-state index contributed by atoms with van der Waals surface area (Å²) in [7, 11) is 0. The lowest BCUT2D eigenvalue weighted by Crippen LogP contribution is -2.23. The molecule has 0 amide bonds. The van der Waals surface area contributed by atoms with E-state index in [-0.39, 0.29) is 16.5 Å². The molecule has 0 unspecified atom stereocenters. The molecule has 3 nitrogen and oxygen atoms in total. The van der Waals surface area contributed by atoms with E-state index in [1.165, 1.54) is 11.1 Å². The minimum absolute atomic E-state index is 0.132. The predicted octanol–water partition coefficient (Wildman–Crippen LogP) is 16.8. The summed E-state index contributed by atoms with van der Waals surface area (Å²) in [4.78, 5) is 14.8. The summed E-state index contributed by atoms with van der Waals surface area (Å²) < 4.78 is 49.7. The van der Waals surface area contributed by atoms with Gasteiger partial charge in [0.1, 0.15) is 0 Å². The summed E-state index contributed by atoms with van der Waals surface area (Å²) in [5.41, 5.74) is 15.3. The SMILES string of the molecule is [2H]C(C)(C)c1cccc(-c2cc(-c3cccc4c3C(C)(C)c3ccccc3-4)ncc2C([2H])([2H])C([2H])([2H])c2cc(CC(C)(C)c3ccc(-c4ccccc4)nc3)cc(CC(C)(C)c3ccc(-c4ccccc4)nc3)c2)c1. The Labute approximate surface area is 423 Å². The fourth-order valence-corrected chi connectivity index (χ4v) is 10.6. The molecule has 3 aromatic heterocycles. The molecule has 70 heavy (non-hydrogen) atoms. The Kier molecular flexibility index (Phi) is 11.0. The van der Waals surface area contributed by atoms with Crippen LogP contribution < -0.4 is 0 Å². The third kappa shape index (κ3) is 9.43. The first-order valence-electron chi connectivity index (χ1n) is 27.1. The van der Waals surface area contributed by atoms with E-state index in [2.05, 4.69) is 139 Å². The Balaban J connectivity index is 1.08. The molecule has 0 saturated carbocycles. The van der Waals surface area contributed by atoms with Gasteiger partial charge in [-0.3, -0.25) is 15.0 Å². The van der Waals surface area contributed by atoms with Gasteiger partial charge in [-0.1, -0.05) is 213 Å². The van der Waals surface area contributed by atoms with Crippen molar-refractivity contribution in [2.75, 3.05) is 0 Å². The number of aryl methyl sites for hydroxylation is 2. The normalized spacial score (nSPS) is 14.7. The van der Waals surface area contributed by atoms with Gasteiger partial charge in [-0.05, 0) is 133 Å². The van der Waals surface area contributed by atoms with E-state index < -0.39 is 29.5 Å². The number of aromatic nitrogens is 3. The molecule has 0 atom stereocenters. The Hall–Kier alpha value is -7.23. The number of hydrogen-bond donors (Lipinski definition) is 0. The molecule has 1 aliphatic rings. The van der Waals surface area contributed by atoms with Crippen LogP contribution in [0.4, 0.5) is 0 Å². The van der Waals surface area contributed by atoms with Crippen LogP contribution in [0, 0.1) is 0 Å². The standard InChI is InChI=1S/C67H65N3/c1-45(2)51-23-17-24-52(38-51)59-39-63(58-27-18-26-57-56-25-15-16-28-60(56)67(7,8)64(57)58)68-42-53(59)30-29-46-35-47(40-65(3,4)54-31-33-61(69-43-54)49-19-11-9-12-20-49)37-48(36-46)41-66(5,6)55-32-34-62(70-44-55)50-21-13-10-14-22-50/h9-28,31-39,42-45H,29-30,40-41H2,1-8H3/i29D2,30D2,45D. The van der Waals surface area contributed by atoms with E-state index in [0.29, 0.717) is 29.7 Å². The highest BCUT2D eigenvalue weighted by molar-refractivity contribution is 5.88. The van der Waals surface area contributed by atoms with Crippen molar-refractivity contribution >= 4 is 0 Å². The van der Waals surface area contributed by atoms with Crippen LogP contribution in [0.1, 0.15) is 118 Å². The Morgan fingerprint density at radius 1 is 0.471 bits per heavy atom. The van der Waals surface area contributed by atoms with Gasteiger partial charge in [0.15, 0.2) is 0 Å². The fraction of sp³-hybridized carbons (Fsp3) is 0.239. The zero-order valence-electron chi connectivity index (χ0n) is 46.7. The average Bonchev–Trinajstić information content (AvgIpc) is 3.64. The quantitative estimate of drug-likeness (QED) is 0.109. The zero-order chi connectivity index (χ0) is 53.1. The van der Waals surface area contributed by atoms with Gasteiger partial charge in [0.25, 0.3) is 0 Å². The Bertz CT molecular complexity index is 3420. The first kappa shape index (κ1) is 40.6. The second-order valence-corrected chi connectivity index (χ2v) is 21.1. The number of nitrogens with zero attached hydrogens (tertiary/aromatic N) is 3. The second-order valence-electron chi connectivity index (χ2n) is 21.1. The van der Waals surface area contributed by atoms with Crippen molar-refractivity contribution in [1.29, 1.82) is 0 Å². The van der Waals surface area contributed by atoms with E-state index >= 15 is 0 Å². The molecule has 348 valence electrons. The smallest absolute Gasteiger partial charge is 0.0711 e. The molecule has 0 spiro atoms. The zero-order valence-corrected chi connectivity index (χ0v) is 41.7. The van der Waals surface area contributed by atoms with Crippen molar-refractivity contribution in [3.05, 3.63) is 245 Å². The van der Waals surface area contributed by atoms with Crippen LogP contribution in [0.5, 0.6) is 0 Å². The molecule has 0 fully saturated rings. The van der Waals surface area contributed by atoms with Gasteiger partial charge in [0, 0.05) is 47.5 Å². The van der Waals surface area contributed by atoms with Gasteiger partial charge in [-0.15, -0.1) is 0 Å². The van der Waals surface area contributed by atoms with Crippen LogP contribution in [0.25, 0.3) is 56.0 Å². The molecule has 1 aliphatic carbocycles. The van der Waals surface area contributed by atoms with E-state index in [1.807, 2.05) is 105 Å². The first-order valence-corrected chi connectivity index (χ1v) is 24.6. The largest absolute Gasteiger partial charge is 0.256 e. The number of rotatable bonds is 14. The van der Waals surface area contributed by atoms with Crippen molar-refractivity contribution in [1.82, 2.24) is 15.0 Å². The lowest BCUT2D eigenvalue weighted by Gasteiger charge is -2.28. The van der Waals surface area contributed by atoms with E-state index in [0.717, 1.165) is 67.0 Å². The number of fused-ring (bicyclic) bond motifs is 3. The molecule has 3 heteroatoms. The third-order valence-electron chi connectivity index (χ3n) is 14.4. The molecule has 6 aromatic carbocycles. The summed E-state index contributed by atoms with van der Waals surface area (Å²) in [5, 5.41) is 0. The molecular weight excluding hydrogens is 847 g/mol. The predicted molar refractivity (Wildman–Crippen MR) is 293 cm³/mol. The molecule has 0 bridgehead atoms. The van der Waals surface area contributed by atoms with Crippen molar-refractivity contribution in [2.45, 2.75) is 103 Å². The Morgan fingerprint density at radius 2 is 0.986 bits per heavy atom. The lowest BCUT2D eigenvalue weighted by molar-refractivity contribution is 0.512. The minimum atomic E-state index is -2.61. The Morgan fingerprint density at radius 3 is 1.57 bits per heavy atom. The molecule has 0 N–H and O–H groups in total. The minimum Gasteiger partial charge on any atom is -0.256 e. The molecule has 0 aliphatic heterocycles. The van der Waals surface area contributed by atoms with E-state index in [4.69, 9.17) is 16.3 Å². The second kappa shape index (κ2) is 18.9. The van der Waals surface area contributed by atoms with Gasteiger partial charge in [-0.2, -0.15) is 0 Å². The fourth-order valence-electron chi connectivity index (χ4n) is 10.6. The molecule has 10 rings (SSSR count). The van der Waals surface area contributed by atoms with Crippen LogP contribution in [-0.4, -0.2) is 15.0 Å². The molecular formula is C67H65N3. The lowest BCUT2D eigenvalue weighted by atomic mass is 9.77. The average molecular weight is 917 g/mol. The van der Waals surface area contributed by atoms with Crippen molar-refractivity contribution in [3.8, 4) is 56.0 Å². The highest BCUT2D eigenvalue weighted by atomic mass is 14.7. The maximum Gasteiger partial charge on any atom is 0.0711 e. The summed E-state index contributed by atoms with van der Waals surface area (Å²) >= 11 is 0. The maximum atomic E-state index is 10.2. The summed E-state index contributed by atoms with van der Waals surface area (Å²) in [6.45, 7) is 16.9. The molecule has 3 heterocycles. The number of hydrogen-bond acceptors (Lipinski definition) is 3. The molecule has 0 saturated heterocycles. The van der Waals surface area contributed by atoms with Crippen LogP contribution in [0.2, 0.25) is 0 Å². The van der Waals surface area contributed by atoms with Gasteiger partial charge in [0.2, 0.25) is 0 Å². The highest BCUT2D eigenvalue weighted by Gasteiger charge is 2.37. The van der Waals surface area contributed by atoms with Crippen LogP contribution in [-0.2, 0) is 41.8 Å². The monoisotopic (exact) mass is 917 g/mol. The van der Waals surface area contributed by atoms with E-state index in [9.17, 15) is 5.48 Å². The van der Waals surface area contributed by atoms with Gasteiger partial charge < -0.3 is 0 Å². The van der Waals surface area contributed by atoms with Crippen LogP contribution in [0.15, 0.2) is 195 Å². The first-order chi connectivity index (χ1) is 35.5. The van der Waals surface area contributed by atoms with Crippen molar-refractivity contribution in [3.63, 3.8) is 0 Å². The van der Waals surface area contributed by atoms with Crippen molar-refractivity contribution in [2.24, 2.45) is 0 Å². The molecule has 0 radical (unpaired) electrons. The van der Waals surface area contributed by atoms with E-state index in [1.54, 1.807) is 6.20 Å². The number of benzene rings is 6.